The van der Waals surface area contributed by atoms with Crippen molar-refractivity contribution in [3.05, 3.63) is 64.6 Å². The second kappa shape index (κ2) is 8.87. The van der Waals surface area contributed by atoms with Gasteiger partial charge in [0.2, 0.25) is 0 Å². The minimum absolute atomic E-state index is 0.0505. The van der Waals surface area contributed by atoms with Crippen LogP contribution >= 0.6 is 11.8 Å². The zero-order chi connectivity index (χ0) is 20.2. The number of benzene rings is 2. The van der Waals surface area contributed by atoms with E-state index in [9.17, 15) is 4.79 Å². The number of carbonyl (C=O) groups is 1. The maximum atomic E-state index is 13.0. The van der Waals surface area contributed by atoms with Crippen LogP contribution < -0.4 is 4.90 Å². The molecule has 2 aromatic carbocycles. The fourth-order valence-electron chi connectivity index (χ4n) is 3.76. The molecule has 0 unspecified atom stereocenters. The van der Waals surface area contributed by atoms with Crippen molar-refractivity contribution in [3.63, 3.8) is 0 Å². The molecule has 2 aliphatic rings. The smallest absolute Gasteiger partial charge is 0.266 e. The average molecular weight is 406 g/mol. The summed E-state index contributed by atoms with van der Waals surface area (Å²) in [5.41, 5.74) is 4.45. The highest BCUT2D eigenvalue weighted by Crippen LogP contribution is 2.35. The molecule has 150 valence electrons. The van der Waals surface area contributed by atoms with Crippen molar-refractivity contribution in [3.8, 4) is 0 Å². The molecule has 0 aliphatic carbocycles. The van der Waals surface area contributed by atoms with Crippen LogP contribution in [0.1, 0.15) is 37.3 Å². The molecule has 0 radical (unpaired) electrons. The number of anilines is 1. The van der Waals surface area contributed by atoms with E-state index in [0.29, 0.717) is 6.54 Å². The van der Waals surface area contributed by atoms with Crippen molar-refractivity contribution in [2.45, 2.75) is 33.1 Å². The van der Waals surface area contributed by atoms with E-state index in [-0.39, 0.29) is 5.91 Å². The first-order valence-electron chi connectivity index (χ1n) is 10.4. The fraction of sp³-hybridized carbons (Fsp3) is 0.333. The van der Waals surface area contributed by atoms with E-state index in [0.717, 1.165) is 40.8 Å². The predicted octanol–water partition coefficient (Wildman–Crippen LogP) is 5.61. The van der Waals surface area contributed by atoms with Crippen molar-refractivity contribution in [2.75, 3.05) is 24.5 Å². The molecule has 5 heteroatoms. The van der Waals surface area contributed by atoms with Gasteiger partial charge in [0.1, 0.15) is 0 Å². The molecular weight excluding hydrogens is 378 g/mol. The molecular formula is C24H27N3OS. The number of hydrogen-bond acceptors (Lipinski definition) is 4. The molecule has 2 saturated heterocycles. The Balaban J connectivity index is 1.61. The van der Waals surface area contributed by atoms with Gasteiger partial charge in [0.25, 0.3) is 5.91 Å². The summed E-state index contributed by atoms with van der Waals surface area (Å²) in [5.74, 6) is 0.0505. The molecule has 2 aromatic rings. The molecule has 0 saturated carbocycles. The summed E-state index contributed by atoms with van der Waals surface area (Å²) in [5, 5.41) is 0.764. The number of nitrogens with zero attached hydrogens (tertiary/aromatic N) is 3. The molecule has 0 bridgehead atoms. The van der Waals surface area contributed by atoms with Crippen LogP contribution in [0.25, 0.3) is 6.08 Å². The largest absolute Gasteiger partial charge is 0.372 e. The first-order valence-corrected chi connectivity index (χ1v) is 11.2. The van der Waals surface area contributed by atoms with Gasteiger partial charge >= 0.3 is 0 Å². The number of rotatable bonds is 5. The van der Waals surface area contributed by atoms with Crippen molar-refractivity contribution in [1.29, 1.82) is 0 Å². The van der Waals surface area contributed by atoms with Gasteiger partial charge in [-0.3, -0.25) is 9.69 Å². The lowest BCUT2D eigenvalue weighted by atomic mass is 10.1. The summed E-state index contributed by atoms with van der Waals surface area (Å²) in [7, 11) is 0. The van der Waals surface area contributed by atoms with Gasteiger partial charge in [-0.15, -0.1) is 0 Å². The molecule has 1 amide bonds. The van der Waals surface area contributed by atoms with E-state index >= 15 is 0 Å². The number of amides is 1. The Hall–Kier alpha value is -2.53. The maximum absolute atomic E-state index is 13.0. The lowest BCUT2D eigenvalue weighted by Gasteiger charge is -2.18. The van der Waals surface area contributed by atoms with E-state index in [1.807, 2.05) is 36.4 Å². The number of aliphatic imine (C=N–C) groups is 1. The van der Waals surface area contributed by atoms with Crippen LogP contribution in [0.2, 0.25) is 0 Å². The highest BCUT2D eigenvalue weighted by Gasteiger charge is 2.32. The lowest BCUT2D eigenvalue weighted by molar-refractivity contribution is -0.122. The zero-order valence-corrected chi connectivity index (χ0v) is 17.9. The number of hydrogen-bond donors (Lipinski definition) is 0. The standard InChI is InChI=1S/C24H27N3OS/c1-3-13-27-23(28)22(29-24(27)25-20-9-5-4-6-10-20)17-19-11-12-21(16-18(19)2)26-14-7-8-15-26/h4-6,9-12,16-17H,3,7-8,13-15H2,1-2H3/b22-17-,25-24?. The van der Waals surface area contributed by atoms with Crippen molar-refractivity contribution in [2.24, 2.45) is 4.99 Å². The van der Waals surface area contributed by atoms with E-state index in [2.05, 4.69) is 36.9 Å². The topological polar surface area (TPSA) is 35.9 Å². The molecule has 0 N–H and O–H groups in total. The fourth-order valence-corrected chi connectivity index (χ4v) is 4.78. The molecule has 0 atom stereocenters. The second-order valence-electron chi connectivity index (χ2n) is 7.53. The lowest BCUT2D eigenvalue weighted by Crippen LogP contribution is -2.29. The van der Waals surface area contributed by atoms with E-state index in [1.165, 1.54) is 35.9 Å². The van der Waals surface area contributed by atoms with Crippen LogP contribution in [-0.2, 0) is 4.79 Å². The summed E-state index contributed by atoms with van der Waals surface area (Å²) in [6.45, 7) is 7.17. The van der Waals surface area contributed by atoms with Gasteiger partial charge in [0.15, 0.2) is 5.17 Å². The third-order valence-corrected chi connectivity index (χ3v) is 6.33. The van der Waals surface area contributed by atoms with Gasteiger partial charge < -0.3 is 4.90 Å². The average Bonchev–Trinajstić information content (AvgIpc) is 3.36. The highest BCUT2D eigenvalue weighted by molar-refractivity contribution is 8.18. The van der Waals surface area contributed by atoms with E-state index in [4.69, 9.17) is 4.99 Å². The highest BCUT2D eigenvalue weighted by atomic mass is 32.2. The Morgan fingerprint density at radius 2 is 1.86 bits per heavy atom. The number of amidine groups is 1. The van der Waals surface area contributed by atoms with Gasteiger partial charge in [0.05, 0.1) is 10.6 Å². The monoisotopic (exact) mass is 405 g/mol. The Bertz CT molecular complexity index is 946. The molecule has 29 heavy (non-hydrogen) atoms. The normalized spacial score (nSPS) is 19.7. The van der Waals surface area contributed by atoms with E-state index in [1.54, 1.807) is 4.90 Å². The molecule has 4 nitrogen and oxygen atoms in total. The van der Waals surface area contributed by atoms with Gasteiger partial charge in [-0.25, -0.2) is 4.99 Å². The summed E-state index contributed by atoms with van der Waals surface area (Å²) in [6, 6.07) is 16.4. The van der Waals surface area contributed by atoms with Gasteiger partial charge in [-0.1, -0.05) is 31.2 Å². The number of aryl methyl sites for hydroxylation is 1. The number of para-hydroxylation sites is 1. The maximum Gasteiger partial charge on any atom is 0.266 e. The Labute approximate surface area is 177 Å². The minimum Gasteiger partial charge on any atom is -0.372 e. The van der Waals surface area contributed by atoms with Crippen LogP contribution in [0.3, 0.4) is 0 Å². The summed E-state index contributed by atoms with van der Waals surface area (Å²) in [4.78, 5) is 22.7. The summed E-state index contributed by atoms with van der Waals surface area (Å²) >= 11 is 1.47. The first kappa shape index (κ1) is 19.8. The number of thioether (sulfide) groups is 1. The third-order valence-electron chi connectivity index (χ3n) is 5.33. The van der Waals surface area contributed by atoms with Crippen molar-refractivity contribution >= 4 is 40.3 Å². The van der Waals surface area contributed by atoms with E-state index < -0.39 is 0 Å². The van der Waals surface area contributed by atoms with Crippen molar-refractivity contribution in [1.82, 2.24) is 4.90 Å². The van der Waals surface area contributed by atoms with Gasteiger partial charge in [-0.2, -0.15) is 0 Å². The number of carbonyl (C=O) groups excluding carboxylic acids is 1. The van der Waals surface area contributed by atoms with Crippen LogP contribution in [0, 0.1) is 6.92 Å². The molecule has 4 rings (SSSR count). The zero-order valence-electron chi connectivity index (χ0n) is 17.1. The molecule has 2 fully saturated rings. The SMILES string of the molecule is CCCN1C(=O)/C(=C/c2ccc(N3CCCC3)cc2C)SC1=Nc1ccccc1. The molecule has 2 heterocycles. The van der Waals surface area contributed by atoms with Crippen molar-refractivity contribution < 1.29 is 4.79 Å². The van der Waals surface area contributed by atoms with Gasteiger partial charge in [-0.05, 0) is 79.4 Å². The summed E-state index contributed by atoms with van der Waals surface area (Å²) in [6.07, 6.45) is 5.46. The van der Waals surface area contributed by atoms with Gasteiger partial charge in [0, 0.05) is 25.3 Å². The Kier molecular flexibility index (Phi) is 6.05. The van der Waals surface area contributed by atoms with Crippen LogP contribution in [-0.4, -0.2) is 35.6 Å². The van der Waals surface area contributed by atoms with Crippen LogP contribution in [0.15, 0.2) is 58.4 Å². The Morgan fingerprint density at radius 3 is 2.55 bits per heavy atom. The Morgan fingerprint density at radius 1 is 1.10 bits per heavy atom. The molecule has 0 spiro atoms. The van der Waals surface area contributed by atoms with Crippen LogP contribution in [0.4, 0.5) is 11.4 Å². The quantitative estimate of drug-likeness (QED) is 0.607. The predicted molar refractivity (Wildman–Crippen MR) is 124 cm³/mol. The minimum atomic E-state index is 0.0505. The van der Waals surface area contributed by atoms with Crippen LogP contribution in [0.5, 0.6) is 0 Å². The summed E-state index contributed by atoms with van der Waals surface area (Å²) < 4.78 is 0. The third kappa shape index (κ3) is 4.40. The second-order valence-corrected chi connectivity index (χ2v) is 8.54. The molecule has 2 aliphatic heterocycles. The first-order chi connectivity index (χ1) is 14.2. The molecule has 0 aromatic heterocycles.